The Bertz CT molecular complexity index is 424. The van der Waals surface area contributed by atoms with E-state index >= 15 is 0 Å². The number of hydrogen-bond acceptors (Lipinski definition) is 3. The summed E-state index contributed by atoms with van der Waals surface area (Å²) in [5.41, 5.74) is 1.15. The van der Waals surface area contributed by atoms with E-state index in [1.807, 2.05) is 11.3 Å². The predicted octanol–water partition coefficient (Wildman–Crippen LogP) is 2.59. The minimum absolute atomic E-state index is 0.658. The van der Waals surface area contributed by atoms with Crippen LogP contribution in [0.5, 0.6) is 0 Å². The second kappa shape index (κ2) is 3.91. The van der Waals surface area contributed by atoms with Gasteiger partial charge in [-0.3, -0.25) is 0 Å². The molecule has 0 aliphatic carbocycles. The molecule has 2 aromatic rings. The molecular weight excluding hydrogens is 204 g/mol. The van der Waals surface area contributed by atoms with E-state index in [2.05, 4.69) is 34.6 Å². The molecule has 1 fully saturated rings. The van der Waals surface area contributed by atoms with Crippen LogP contribution in [0, 0.1) is 0 Å². The number of hydrogen-bond donors (Lipinski definition) is 1. The van der Waals surface area contributed by atoms with Crippen LogP contribution in [-0.4, -0.2) is 17.6 Å². The lowest BCUT2D eigenvalue weighted by atomic mass is 10.2. The molecule has 1 N–H and O–H groups in total. The van der Waals surface area contributed by atoms with Crippen molar-refractivity contribution >= 4 is 21.6 Å². The van der Waals surface area contributed by atoms with Gasteiger partial charge < -0.3 is 5.32 Å². The van der Waals surface area contributed by atoms with E-state index in [9.17, 15) is 0 Å². The van der Waals surface area contributed by atoms with Gasteiger partial charge in [0.05, 0.1) is 15.2 Å². The summed E-state index contributed by atoms with van der Waals surface area (Å²) >= 11 is 1.83. The molecule has 0 amide bonds. The highest BCUT2D eigenvalue weighted by atomic mass is 32.1. The molecule has 0 spiro atoms. The predicted molar refractivity (Wildman–Crippen MR) is 64.3 cm³/mol. The van der Waals surface area contributed by atoms with E-state index in [1.54, 1.807) is 0 Å². The maximum Gasteiger partial charge on any atom is 0.0954 e. The second-order valence-corrected chi connectivity index (χ2v) is 5.19. The lowest BCUT2D eigenvalue weighted by Crippen LogP contribution is -2.23. The average Bonchev–Trinajstić information content (AvgIpc) is 2.86. The van der Waals surface area contributed by atoms with Crippen LogP contribution in [0.1, 0.15) is 17.8 Å². The Balaban J connectivity index is 1.84. The monoisotopic (exact) mass is 218 g/mol. The van der Waals surface area contributed by atoms with Gasteiger partial charge in [0.2, 0.25) is 0 Å². The summed E-state index contributed by atoms with van der Waals surface area (Å²) < 4.78 is 1.31. The Morgan fingerprint density at radius 2 is 2.33 bits per heavy atom. The molecule has 1 aromatic carbocycles. The molecule has 0 bridgehead atoms. The van der Waals surface area contributed by atoms with Crippen molar-refractivity contribution < 1.29 is 0 Å². The summed E-state index contributed by atoms with van der Waals surface area (Å²) in [6.07, 6.45) is 3.71. The first-order valence-corrected chi connectivity index (χ1v) is 6.31. The van der Waals surface area contributed by atoms with Gasteiger partial charge in [-0.05, 0) is 31.5 Å². The number of nitrogens with one attached hydrogen (secondary N) is 1. The van der Waals surface area contributed by atoms with Crippen LogP contribution in [0.4, 0.5) is 0 Å². The lowest BCUT2D eigenvalue weighted by molar-refractivity contribution is 0.602. The molecule has 0 radical (unpaired) electrons. The minimum atomic E-state index is 0.658. The molecule has 3 rings (SSSR count). The summed E-state index contributed by atoms with van der Waals surface area (Å²) in [5, 5.41) is 4.79. The summed E-state index contributed by atoms with van der Waals surface area (Å²) in [5.74, 6) is 0. The van der Waals surface area contributed by atoms with Crippen LogP contribution in [0.15, 0.2) is 24.3 Å². The fourth-order valence-electron chi connectivity index (χ4n) is 2.15. The number of fused-ring (bicyclic) bond motifs is 1. The van der Waals surface area contributed by atoms with E-state index in [1.165, 1.54) is 29.1 Å². The van der Waals surface area contributed by atoms with Crippen molar-refractivity contribution in [3.8, 4) is 0 Å². The Labute approximate surface area is 93.3 Å². The molecule has 1 atom stereocenters. The molecule has 3 heteroatoms. The van der Waals surface area contributed by atoms with Crippen molar-refractivity contribution in [2.45, 2.75) is 25.3 Å². The first kappa shape index (κ1) is 9.31. The van der Waals surface area contributed by atoms with Gasteiger partial charge in [-0.2, -0.15) is 0 Å². The highest BCUT2D eigenvalue weighted by Crippen LogP contribution is 2.23. The molecule has 78 valence electrons. The Kier molecular flexibility index (Phi) is 2.43. The summed E-state index contributed by atoms with van der Waals surface area (Å²) in [6.45, 7) is 1.18. The van der Waals surface area contributed by atoms with Crippen LogP contribution in [0.2, 0.25) is 0 Å². The molecule has 15 heavy (non-hydrogen) atoms. The van der Waals surface area contributed by atoms with Crippen LogP contribution < -0.4 is 5.32 Å². The third kappa shape index (κ3) is 1.90. The quantitative estimate of drug-likeness (QED) is 0.838. The smallest absolute Gasteiger partial charge is 0.0954 e. The van der Waals surface area contributed by atoms with E-state index in [0.717, 1.165) is 11.9 Å². The Morgan fingerprint density at radius 1 is 1.40 bits per heavy atom. The van der Waals surface area contributed by atoms with Gasteiger partial charge in [0.15, 0.2) is 0 Å². The number of para-hydroxylation sites is 1. The zero-order valence-electron chi connectivity index (χ0n) is 8.57. The number of nitrogens with zero attached hydrogens (tertiary/aromatic N) is 1. The molecule has 1 unspecified atom stereocenters. The molecule has 0 saturated carbocycles. The fraction of sp³-hybridized carbons (Fsp3) is 0.417. The molecular formula is C12H14N2S. The number of thiazole rings is 1. The first-order valence-electron chi connectivity index (χ1n) is 5.50. The molecule has 2 heterocycles. The third-order valence-electron chi connectivity index (χ3n) is 2.92. The average molecular weight is 218 g/mol. The highest BCUT2D eigenvalue weighted by Gasteiger charge is 2.16. The highest BCUT2D eigenvalue weighted by molar-refractivity contribution is 7.18. The van der Waals surface area contributed by atoms with Gasteiger partial charge in [-0.25, -0.2) is 4.98 Å². The van der Waals surface area contributed by atoms with Crippen LogP contribution in [0.25, 0.3) is 10.2 Å². The van der Waals surface area contributed by atoms with Gasteiger partial charge in [0.25, 0.3) is 0 Å². The second-order valence-electron chi connectivity index (χ2n) is 4.07. The number of aromatic nitrogens is 1. The zero-order chi connectivity index (χ0) is 10.1. The molecule has 1 aliphatic rings. The van der Waals surface area contributed by atoms with Gasteiger partial charge in [-0.15, -0.1) is 11.3 Å². The first-order chi connectivity index (χ1) is 7.42. The Morgan fingerprint density at radius 3 is 3.13 bits per heavy atom. The minimum Gasteiger partial charge on any atom is -0.314 e. The SMILES string of the molecule is c1ccc2sc(CC3CCCN3)nc2c1. The van der Waals surface area contributed by atoms with E-state index in [-0.39, 0.29) is 0 Å². The lowest BCUT2D eigenvalue weighted by Gasteiger charge is -2.05. The Hall–Kier alpha value is -0.930. The number of benzene rings is 1. The zero-order valence-corrected chi connectivity index (χ0v) is 9.39. The summed E-state index contributed by atoms with van der Waals surface area (Å²) in [4.78, 5) is 4.65. The van der Waals surface area contributed by atoms with Crippen molar-refractivity contribution in [2.75, 3.05) is 6.54 Å². The van der Waals surface area contributed by atoms with Crippen molar-refractivity contribution in [1.82, 2.24) is 10.3 Å². The van der Waals surface area contributed by atoms with Crippen molar-refractivity contribution in [1.29, 1.82) is 0 Å². The van der Waals surface area contributed by atoms with Crippen LogP contribution in [-0.2, 0) is 6.42 Å². The van der Waals surface area contributed by atoms with E-state index in [0.29, 0.717) is 6.04 Å². The summed E-state index contributed by atoms with van der Waals surface area (Å²) in [6, 6.07) is 9.04. The van der Waals surface area contributed by atoms with E-state index < -0.39 is 0 Å². The molecule has 1 aliphatic heterocycles. The molecule has 2 nitrogen and oxygen atoms in total. The van der Waals surface area contributed by atoms with Gasteiger partial charge >= 0.3 is 0 Å². The van der Waals surface area contributed by atoms with Gasteiger partial charge in [0.1, 0.15) is 0 Å². The topological polar surface area (TPSA) is 24.9 Å². The van der Waals surface area contributed by atoms with Crippen LogP contribution in [0.3, 0.4) is 0 Å². The standard InChI is InChI=1S/C12H14N2S/c1-2-6-11-10(5-1)14-12(15-11)8-9-4-3-7-13-9/h1-2,5-6,9,13H,3-4,7-8H2. The van der Waals surface area contributed by atoms with Crippen molar-refractivity contribution in [2.24, 2.45) is 0 Å². The van der Waals surface area contributed by atoms with Gasteiger partial charge in [0, 0.05) is 12.5 Å². The summed E-state index contributed by atoms with van der Waals surface area (Å²) in [7, 11) is 0. The molecule has 1 aromatic heterocycles. The third-order valence-corrected chi connectivity index (χ3v) is 3.98. The van der Waals surface area contributed by atoms with Crippen molar-refractivity contribution in [3.05, 3.63) is 29.3 Å². The fourth-order valence-corrected chi connectivity index (χ4v) is 3.20. The normalized spacial score (nSPS) is 21.2. The maximum atomic E-state index is 4.65. The number of rotatable bonds is 2. The largest absolute Gasteiger partial charge is 0.314 e. The molecule has 1 saturated heterocycles. The maximum absolute atomic E-state index is 4.65. The van der Waals surface area contributed by atoms with E-state index in [4.69, 9.17) is 0 Å². The van der Waals surface area contributed by atoms with Crippen LogP contribution >= 0.6 is 11.3 Å². The van der Waals surface area contributed by atoms with Crippen molar-refractivity contribution in [3.63, 3.8) is 0 Å². The van der Waals surface area contributed by atoms with Gasteiger partial charge in [-0.1, -0.05) is 12.1 Å².